The third-order valence-corrected chi connectivity index (χ3v) is 3.82. The molecule has 0 radical (unpaired) electrons. The lowest BCUT2D eigenvalue weighted by Gasteiger charge is -2.31. The number of morpholine rings is 1. The first-order valence-corrected chi connectivity index (χ1v) is 7.30. The molecule has 4 heteroatoms. The standard InChI is InChI=1S/C16H24N2O2/c1-12(2)14-4-6-15(7-5-14)17-16(19)13(3)18-8-10-20-11-9-18/h4-7,12-13H,8-11H2,1-3H3,(H,17,19)/t13-/m1/s1. The molecule has 20 heavy (non-hydrogen) atoms. The van der Waals surface area contributed by atoms with Crippen LogP contribution in [0.5, 0.6) is 0 Å². The van der Waals surface area contributed by atoms with Crippen molar-refractivity contribution in [2.75, 3.05) is 31.6 Å². The van der Waals surface area contributed by atoms with Gasteiger partial charge in [-0.2, -0.15) is 0 Å². The highest BCUT2D eigenvalue weighted by atomic mass is 16.5. The van der Waals surface area contributed by atoms with Gasteiger partial charge in [-0.15, -0.1) is 0 Å². The van der Waals surface area contributed by atoms with E-state index in [1.54, 1.807) is 0 Å². The molecule has 1 aromatic rings. The fourth-order valence-electron chi connectivity index (χ4n) is 2.33. The molecule has 1 aromatic carbocycles. The van der Waals surface area contributed by atoms with Gasteiger partial charge < -0.3 is 10.1 Å². The molecule has 0 unspecified atom stereocenters. The zero-order valence-corrected chi connectivity index (χ0v) is 12.6. The minimum atomic E-state index is -0.122. The van der Waals surface area contributed by atoms with Crippen molar-refractivity contribution >= 4 is 11.6 Å². The van der Waals surface area contributed by atoms with Crippen LogP contribution < -0.4 is 5.32 Å². The highest BCUT2D eigenvalue weighted by Gasteiger charge is 2.23. The van der Waals surface area contributed by atoms with Crippen molar-refractivity contribution in [1.82, 2.24) is 4.90 Å². The van der Waals surface area contributed by atoms with Crippen LogP contribution in [-0.2, 0) is 9.53 Å². The smallest absolute Gasteiger partial charge is 0.241 e. The van der Waals surface area contributed by atoms with Gasteiger partial charge in [0.2, 0.25) is 5.91 Å². The second-order valence-corrected chi connectivity index (χ2v) is 5.59. The zero-order valence-electron chi connectivity index (χ0n) is 12.6. The summed E-state index contributed by atoms with van der Waals surface area (Å²) in [5.41, 5.74) is 2.14. The number of nitrogens with zero attached hydrogens (tertiary/aromatic N) is 1. The second kappa shape index (κ2) is 6.86. The molecule has 1 aliphatic heterocycles. The summed E-state index contributed by atoms with van der Waals surface area (Å²) >= 11 is 0. The largest absolute Gasteiger partial charge is 0.379 e. The van der Waals surface area contributed by atoms with Gasteiger partial charge in [0.1, 0.15) is 0 Å². The monoisotopic (exact) mass is 276 g/mol. The molecular formula is C16H24N2O2. The van der Waals surface area contributed by atoms with E-state index in [1.807, 2.05) is 19.1 Å². The van der Waals surface area contributed by atoms with Crippen LogP contribution in [0.15, 0.2) is 24.3 Å². The molecule has 1 heterocycles. The van der Waals surface area contributed by atoms with Crippen LogP contribution in [0.25, 0.3) is 0 Å². The lowest BCUT2D eigenvalue weighted by atomic mass is 10.0. The van der Waals surface area contributed by atoms with Crippen molar-refractivity contribution in [3.8, 4) is 0 Å². The van der Waals surface area contributed by atoms with Crippen molar-refractivity contribution in [3.63, 3.8) is 0 Å². The number of rotatable bonds is 4. The van der Waals surface area contributed by atoms with Gasteiger partial charge in [0.25, 0.3) is 0 Å². The SMILES string of the molecule is CC(C)c1ccc(NC(=O)[C@@H](C)N2CCOCC2)cc1. The van der Waals surface area contributed by atoms with E-state index < -0.39 is 0 Å². The summed E-state index contributed by atoms with van der Waals surface area (Å²) in [6.07, 6.45) is 0. The summed E-state index contributed by atoms with van der Waals surface area (Å²) < 4.78 is 5.31. The van der Waals surface area contributed by atoms with Crippen LogP contribution in [0.1, 0.15) is 32.3 Å². The number of benzene rings is 1. The van der Waals surface area contributed by atoms with Gasteiger partial charge in [-0.05, 0) is 30.5 Å². The van der Waals surface area contributed by atoms with Crippen LogP contribution in [0, 0.1) is 0 Å². The van der Waals surface area contributed by atoms with E-state index in [9.17, 15) is 4.79 Å². The van der Waals surface area contributed by atoms with Crippen molar-refractivity contribution in [2.24, 2.45) is 0 Å². The van der Waals surface area contributed by atoms with E-state index >= 15 is 0 Å². The van der Waals surface area contributed by atoms with Crippen LogP contribution in [0.4, 0.5) is 5.69 Å². The number of hydrogen-bond donors (Lipinski definition) is 1. The lowest BCUT2D eigenvalue weighted by Crippen LogP contribution is -2.47. The summed E-state index contributed by atoms with van der Waals surface area (Å²) in [4.78, 5) is 14.4. The quantitative estimate of drug-likeness (QED) is 0.918. The molecule has 1 atom stereocenters. The summed E-state index contributed by atoms with van der Waals surface area (Å²) in [5.74, 6) is 0.552. The number of carbonyl (C=O) groups excluding carboxylic acids is 1. The van der Waals surface area contributed by atoms with E-state index in [-0.39, 0.29) is 11.9 Å². The third-order valence-electron chi connectivity index (χ3n) is 3.82. The number of nitrogens with one attached hydrogen (secondary N) is 1. The van der Waals surface area contributed by atoms with Crippen molar-refractivity contribution < 1.29 is 9.53 Å². The Bertz CT molecular complexity index is 436. The summed E-state index contributed by atoms with van der Waals surface area (Å²) in [7, 11) is 0. The molecule has 0 saturated carbocycles. The number of amides is 1. The first-order chi connectivity index (χ1) is 9.58. The third kappa shape index (κ3) is 3.81. The number of ether oxygens (including phenoxy) is 1. The van der Waals surface area contributed by atoms with Crippen LogP contribution >= 0.6 is 0 Å². The molecular weight excluding hydrogens is 252 g/mol. The topological polar surface area (TPSA) is 41.6 Å². The number of hydrogen-bond acceptors (Lipinski definition) is 3. The summed E-state index contributed by atoms with van der Waals surface area (Å²) in [5, 5.41) is 2.98. The molecule has 1 N–H and O–H groups in total. The highest BCUT2D eigenvalue weighted by Crippen LogP contribution is 2.17. The molecule has 0 aliphatic carbocycles. The Morgan fingerprint density at radius 1 is 1.15 bits per heavy atom. The molecule has 1 saturated heterocycles. The average molecular weight is 276 g/mol. The predicted octanol–water partition coefficient (Wildman–Crippen LogP) is 2.47. The molecule has 1 amide bonds. The Morgan fingerprint density at radius 2 is 1.75 bits per heavy atom. The fraction of sp³-hybridized carbons (Fsp3) is 0.562. The molecule has 110 valence electrons. The Labute approximate surface area is 121 Å². The molecule has 0 spiro atoms. The number of carbonyl (C=O) groups is 1. The van der Waals surface area contributed by atoms with Crippen LogP contribution in [0.3, 0.4) is 0 Å². The maximum absolute atomic E-state index is 12.2. The predicted molar refractivity (Wildman–Crippen MR) is 81.0 cm³/mol. The van der Waals surface area contributed by atoms with E-state index in [1.165, 1.54) is 5.56 Å². The van der Waals surface area contributed by atoms with Crippen molar-refractivity contribution in [1.29, 1.82) is 0 Å². The van der Waals surface area contributed by atoms with Crippen molar-refractivity contribution in [3.05, 3.63) is 29.8 Å². The molecule has 0 bridgehead atoms. The molecule has 4 nitrogen and oxygen atoms in total. The van der Waals surface area contributed by atoms with Crippen LogP contribution in [-0.4, -0.2) is 43.2 Å². The van der Waals surface area contributed by atoms with E-state index in [0.29, 0.717) is 19.1 Å². The lowest BCUT2D eigenvalue weighted by molar-refractivity contribution is -0.122. The normalized spacial score (nSPS) is 18.0. The Morgan fingerprint density at radius 3 is 2.30 bits per heavy atom. The Balaban J connectivity index is 1.92. The van der Waals surface area contributed by atoms with E-state index in [2.05, 4.69) is 36.2 Å². The van der Waals surface area contributed by atoms with Gasteiger partial charge in [0, 0.05) is 18.8 Å². The summed E-state index contributed by atoms with van der Waals surface area (Å²) in [6, 6.07) is 7.96. The first kappa shape index (κ1) is 15.0. The Hall–Kier alpha value is -1.39. The molecule has 1 fully saturated rings. The van der Waals surface area contributed by atoms with Crippen LogP contribution in [0.2, 0.25) is 0 Å². The van der Waals surface area contributed by atoms with Crippen molar-refractivity contribution in [2.45, 2.75) is 32.7 Å². The van der Waals surface area contributed by atoms with Gasteiger partial charge in [0.05, 0.1) is 19.3 Å². The minimum Gasteiger partial charge on any atom is -0.379 e. The second-order valence-electron chi connectivity index (χ2n) is 5.59. The summed E-state index contributed by atoms with van der Waals surface area (Å²) in [6.45, 7) is 9.33. The molecule has 2 rings (SSSR count). The maximum atomic E-state index is 12.2. The van der Waals surface area contributed by atoms with Gasteiger partial charge >= 0.3 is 0 Å². The van der Waals surface area contributed by atoms with E-state index in [0.717, 1.165) is 18.8 Å². The van der Waals surface area contributed by atoms with Gasteiger partial charge in [-0.1, -0.05) is 26.0 Å². The number of anilines is 1. The zero-order chi connectivity index (χ0) is 14.5. The highest BCUT2D eigenvalue weighted by molar-refractivity contribution is 5.94. The van der Waals surface area contributed by atoms with Gasteiger partial charge in [-0.25, -0.2) is 0 Å². The van der Waals surface area contributed by atoms with Gasteiger partial charge in [-0.3, -0.25) is 9.69 Å². The molecule has 0 aromatic heterocycles. The van der Waals surface area contributed by atoms with E-state index in [4.69, 9.17) is 4.74 Å². The first-order valence-electron chi connectivity index (χ1n) is 7.30. The average Bonchev–Trinajstić information content (AvgIpc) is 2.48. The maximum Gasteiger partial charge on any atom is 0.241 e. The Kier molecular flexibility index (Phi) is 5.15. The fourth-order valence-corrected chi connectivity index (χ4v) is 2.33. The molecule has 1 aliphatic rings. The van der Waals surface area contributed by atoms with Gasteiger partial charge in [0.15, 0.2) is 0 Å². The minimum absolute atomic E-state index is 0.0456.